The molecule has 2 atom stereocenters. The third kappa shape index (κ3) is 8.65. The number of nitrogens with one attached hydrogen (secondary N) is 2. The molecule has 0 aliphatic rings. The van der Waals surface area contributed by atoms with Crippen LogP contribution in [0.25, 0.3) is 0 Å². The standard InChI is InChI=1S/C25H32N4O6/c1-25(2,3)35-24(34)28-19(14-20(26)31)23(33)29(4)21(17-10-12-18(30)13-11-17)22(32)27-15-16-8-6-5-7-9-16/h5-13,19,21,30H,14-15H2,1-4H3,(H2,26,31)(H,27,32)(H,28,34). The first-order chi connectivity index (χ1) is 16.4. The number of phenols is 1. The van der Waals surface area contributed by atoms with Gasteiger partial charge in [-0.15, -0.1) is 0 Å². The minimum atomic E-state index is -1.35. The lowest BCUT2D eigenvalue weighted by Crippen LogP contribution is -2.52. The second-order valence-electron chi connectivity index (χ2n) is 9.02. The highest BCUT2D eigenvalue weighted by Gasteiger charge is 2.34. The van der Waals surface area contributed by atoms with E-state index in [0.29, 0.717) is 5.56 Å². The van der Waals surface area contributed by atoms with Crippen molar-refractivity contribution >= 4 is 23.8 Å². The van der Waals surface area contributed by atoms with Gasteiger partial charge in [-0.05, 0) is 44.0 Å². The predicted octanol–water partition coefficient (Wildman–Crippen LogP) is 1.98. The normalized spacial score (nSPS) is 12.7. The van der Waals surface area contributed by atoms with Gasteiger partial charge >= 0.3 is 6.09 Å². The van der Waals surface area contributed by atoms with Crippen molar-refractivity contribution in [1.82, 2.24) is 15.5 Å². The van der Waals surface area contributed by atoms with Gasteiger partial charge in [0, 0.05) is 13.6 Å². The smallest absolute Gasteiger partial charge is 0.408 e. The van der Waals surface area contributed by atoms with Gasteiger partial charge in [0.2, 0.25) is 17.7 Å². The van der Waals surface area contributed by atoms with Crippen LogP contribution in [0.1, 0.15) is 44.4 Å². The van der Waals surface area contributed by atoms with E-state index in [-0.39, 0.29) is 12.3 Å². The molecule has 10 nitrogen and oxygen atoms in total. The topological polar surface area (TPSA) is 151 Å². The minimum Gasteiger partial charge on any atom is -0.508 e. The van der Waals surface area contributed by atoms with Crippen LogP contribution in [0.3, 0.4) is 0 Å². The maximum Gasteiger partial charge on any atom is 0.408 e. The van der Waals surface area contributed by atoms with Crippen molar-refractivity contribution in [2.24, 2.45) is 5.73 Å². The number of hydrogen-bond acceptors (Lipinski definition) is 6. The van der Waals surface area contributed by atoms with Crippen LogP contribution in [0.5, 0.6) is 5.75 Å². The number of ether oxygens (including phenoxy) is 1. The highest BCUT2D eigenvalue weighted by atomic mass is 16.6. The fourth-order valence-electron chi connectivity index (χ4n) is 3.31. The van der Waals surface area contributed by atoms with E-state index >= 15 is 0 Å². The van der Waals surface area contributed by atoms with Crippen molar-refractivity contribution in [1.29, 1.82) is 0 Å². The van der Waals surface area contributed by atoms with Gasteiger partial charge in [0.1, 0.15) is 23.4 Å². The Morgan fingerprint density at radius 3 is 2.17 bits per heavy atom. The van der Waals surface area contributed by atoms with Gasteiger partial charge in [-0.1, -0.05) is 42.5 Å². The summed E-state index contributed by atoms with van der Waals surface area (Å²) in [5.74, 6) is -2.04. The predicted molar refractivity (Wildman–Crippen MR) is 129 cm³/mol. The first-order valence-corrected chi connectivity index (χ1v) is 11.0. The molecular weight excluding hydrogens is 452 g/mol. The Bertz CT molecular complexity index is 1030. The summed E-state index contributed by atoms with van der Waals surface area (Å²) < 4.78 is 5.19. The largest absolute Gasteiger partial charge is 0.508 e. The molecule has 188 valence electrons. The van der Waals surface area contributed by atoms with Gasteiger partial charge in [0.15, 0.2) is 0 Å². The third-order valence-electron chi connectivity index (χ3n) is 4.90. The molecule has 0 aliphatic heterocycles. The quantitative estimate of drug-likeness (QED) is 0.427. The molecular formula is C25H32N4O6. The Hall–Kier alpha value is -4.08. The number of primary amides is 1. The Labute approximate surface area is 204 Å². The minimum absolute atomic E-state index is 0.00984. The molecule has 0 saturated carbocycles. The van der Waals surface area contributed by atoms with Crippen molar-refractivity contribution in [3.63, 3.8) is 0 Å². The molecule has 0 aliphatic carbocycles. The molecule has 2 aromatic rings. The van der Waals surface area contributed by atoms with Gasteiger partial charge in [-0.25, -0.2) is 4.79 Å². The van der Waals surface area contributed by atoms with Crippen LogP contribution in [0, 0.1) is 0 Å². The maximum absolute atomic E-state index is 13.4. The van der Waals surface area contributed by atoms with Crippen LogP contribution in [0.4, 0.5) is 4.79 Å². The number of likely N-dealkylation sites (N-methyl/N-ethyl adjacent to an activating group) is 1. The van der Waals surface area contributed by atoms with Gasteiger partial charge in [-0.3, -0.25) is 14.4 Å². The number of hydrogen-bond donors (Lipinski definition) is 4. The van der Waals surface area contributed by atoms with E-state index in [1.807, 2.05) is 30.3 Å². The van der Waals surface area contributed by atoms with E-state index in [1.54, 1.807) is 20.8 Å². The van der Waals surface area contributed by atoms with Gasteiger partial charge in [0.25, 0.3) is 0 Å². The number of carbonyl (C=O) groups is 4. The summed E-state index contributed by atoms with van der Waals surface area (Å²) in [6.45, 7) is 5.18. The molecule has 10 heteroatoms. The number of nitrogens with zero attached hydrogens (tertiary/aromatic N) is 1. The Kier molecular flexibility index (Phi) is 9.21. The van der Waals surface area contributed by atoms with Crippen LogP contribution >= 0.6 is 0 Å². The van der Waals surface area contributed by atoms with Crippen LogP contribution in [-0.2, 0) is 25.7 Å². The molecule has 0 bridgehead atoms. The Balaban J connectivity index is 2.30. The molecule has 2 rings (SSSR count). The average Bonchev–Trinajstić information content (AvgIpc) is 2.77. The Morgan fingerprint density at radius 1 is 1.03 bits per heavy atom. The molecule has 0 fully saturated rings. The van der Waals surface area contributed by atoms with Gasteiger partial charge < -0.3 is 31.1 Å². The molecule has 4 amide bonds. The van der Waals surface area contributed by atoms with Gasteiger partial charge in [-0.2, -0.15) is 0 Å². The summed E-state index contributed by atoms with van der Waals surface area (Å²) in [5, 5.41) is 14.8. The number of benzene rings is 2. The molecule has 0 aromatic heterocycles. The van der Waals surface area contributed by atoms with Crippen molar-refractivity contribution in [2.45, 2.75) is 51.4 Å². The van der Waals surface area contributed by atoms with Crippen molar-refractivity contribution in [3.05, 3.63) is 65.7 Å². The molecule has 2 aromatic carbocycles. The van der Waals surface area contributed by atoms with Crippen LogP contribution in [0.15, 0.2) is 54.6 Å². The Morgan fingerprint density at radius 2 is 1.63 bits per heavy atom. The lowest BCUT2D eigenvalue weighted by Gasteiger charge is -2.31. The lowest BCUT2D eigenvalue weighted by molar-refractivity contribution is -0.141. The van der Waals surface area contributed by atoms with E-state index in [9.17, 15) is 24.3 Å². The molecule has 5 N–H and O–H groups in total. The first-order valence-electron chi connectivity index (χ1n) is 11.0. The number of carbonyl (C=O) groups excluding carboxylic acids is 4. The fraction of sp³-hybridized carbons (Fsp3) is 0.360. The summed E-state index contributed by atoms with van der Waals surface area (Å²) in [7, 11) is 1.38. The summed E-state index contributed by atoms with van der Waals surface area (Å²) >= 11 is 0. The summed E-state index contributed by atoms with van der Waals surface area (Å²) in [4.78, 5) is 51.6. The highest BCUT2D eigenvalue weighted by molar-refractivity contribution is 5.94. The van der Waals surface area contributed by atoms with E-state index < -0.39 is 47.9 Å². The van der Waals surface area contributed by atoms with Crippen LogP contribution in [0.2, 0.25) is 0 Å². The SMILES string of the molecule is CN(C(=O)C(CC(N)=O)NC(=O)OC(C)(C)C)C(C(=O)NCc1ccccc1)c1ccc(O)cc1. The first kappa shape index (κ1) is 27.2. The number of alkyl carbamates (subject to hydrolysis) is 1. The number of nitrogens with two attached hydrogens (primary N) is 1. The van der Waals surface area contributed by atoms with Crippen molar-refractivity contribution < 1.29 is 29.0 Å². The fourth-order valence-corrected chi connectivity index (χ4v) is 3.31. The highest BCUT2D eigenvalue weighted by Crippen LogP contribution is 2.23. The monoisotopic (exact) mass is 484 g/mol. The third-order valence-corrected chi connectivity index (χ3v) is 4.90. The van der Waals surface area contributed by atoms with Crippen molar-refractivity contribution in [3.8, 4) is 5.75 Å². The number of phenolic OH excluding ortho intramolecular Hbond substituents is 1. The van der Waals surface area contributed by atoms with E-state index in [2.05, 4.69) is 10.6 Å². The van der Waals surface area contributed by atoms with Crippen LogP contribution in [-0.4, -0.2) is 52.5 Å². The second-order valence-corrected chi connectivity index (χ2v) is 9.02. The van der Waals surface area contributed by atoms with Gasteiger partial charge in [0.05, 0.1) is 6.42 Å². The zero-order chi connectivity index (χ0) is 26.2. The zero-order valence-electron chi connectivity index (χ0n) is 20.3. The summed E-state index contributed by atoms with van der Waals surface area (Å²) in [6, 6.07) is 12.6. The zero-order valence-corrected chi connectivity index (χ0v) is 20.3. The number of rotatable bonds is 9. The molecule has 2 unspecified atom stereocenters. The van der Waals surface area contributed by atoms with E-state index in [1.165, 1.54) is 31.3 Å². The van der Waals surface area contributed by atoms with E-state index in [4.69, 9.17) is 10.5 Å². The maximum atomic E-state index is 13.4. The summed E-state index contributed by atoms with van der Waals surface area (Å²) in [6.07, 6.45) is -1.39. The lowest BCUT2D eigenvalue weighted by atomic mass is 10.0. The molecule has 0 spiro atoms. The summed E-state index contributed by atoms with van der Waals surface area (Å²) in [5.41, 5.74) is 5.74. The second kappa shape index (κ2) is 11.9. The molecule has 35 heavy (non-hydrogen) atoms. The molecule has 0 heterocycles. The van der Waals surface area contributed by atoms with E-state index in [0.717, 1.165) is 10.5 Å². The molecule has 0 saturated heterocycles. The molecule has 0 radical (unpaired) electrons. The van der Waals surface area contributed by atoms with Crippen LogP contribution < -0.4 is 16.4 Å². The number of aromatic hydroxyl groups is 1. The van der Waals surface area contributed by atoms with Crippen molar-refractivity contribution in [2.75, 3.05) is 7.05 Å². The average molecular weight is 485 g/mol. The number of amides is 4.